The van der Waals surface area contributed by atoms with Gasteiger partial charge in [-0.1, -0.05) is 39.8 Å². The number of phenolic OH excluding ortho intramolecular Hbond substituents is 1. The lowest BCUT2D eigenvalue weighted by atomic mass is 9.69. The Morgan fingerprint density at radius 3 is 2.58 bits per heavy atom. The average molecular weight is 892 g/mol. The summed E-state index contributed by atoms with van der Waals surface area (Å²) in [4.78, 5) is 70.4. The highest BCUT2D eigenvalue weighted by Crippen LogP contribution is 2.45. The van der Waals surface area contributed by atoms with E-state index in [2.05, 4.69) is 59.6 Å². The van der Waals surface area contributed by atoms with Gasteiger partial charge in [-0.25, -0.2) is 4.84 Å². The van der Waals surface area contributed by atoms with Gasteiger partial charge in [-0.05, 0) is 123 Å². The van der Waals surface area contributed by atoms with Crippen molar-refractivity contribution in [3.8, 4) is 28.1 Å². The molecule has 1 aliphatic carbocycles. The Balaban J connectivity index is 1.21. The normalized spacial score (nSPS) is 22.8. The number of pyridine rings is 1. The van der Waals surface area contributed by atoms with Crippen LogP contribution in [0.3, 0.4) is 0 Å². The van der Waals surface area contributed by atoms with E-state index in [0.29, 0.717) is 42.8 Å². The molecule has 15 heteroatoms. The zero-order chi connectivity index (χ0) is 46.4. The van der Waals surface area contributed by atoms with Crippen molar-refractivity contribution >= 4 is 28.6 Å². The van der Waals surface area contributed by atoms with Gasteiger partial charge in [0.1, 0.15) is 17.8 Å². The third-order valence-electron chi connectivity index (χ3n) is 14.4. The van der Waals surface area contributed by atoms with Gasteiger partial charge in [-0.3, -0.25) is 24.4 Å². The van der Waals surface area contributed by atoms with E-state index in [0.717, 1.165) is 76.8 Å². The van der Waals surface area contributed by atoms with E-state index < -0.39 is 35.5 Å². The largest absolute Gasteiger partial charge is 0.508 e. The number of carbonyl (C=O) groups excluding carboxylic acids is 3. The quantitative estimate of drug-likeness (QED) is 0.144. The summed E-state index contributed by atoms with van der Waals surface area (Å²) in [6, 6.07) is 13.6. The Bertz CT molecular complexity index is 2460. The molecule has 5 heterocycles. The van der Waals surface area contributed by atoms with Gasteiger partial charge < -0.3 is 29.9 Å². The Hall–Kier alpha value is -5.38. The molecule has 1 unspecified atom stereocenters. The van der Waals surface area contributed by atoms with Crippen molar-refractivity contribution in [2.75, 3.05) is 33.9 Å². The third-order valence-corrected chi connectivity index (χ3v) is 14.4. The molecule has 5 atom stereocenters. The highest BCUT2D eigenvalue weighted by molar-refractivity contribution is 5.96. The highest BCUT2D eigenvalue weighted by atomic mass is 16.8. The van der Waals surface area contributed by atoms with Crippen molar-refractivity contribution in [1.82, 2.24) is 35.5 Å². The lowest BCUT2D eigenvalue weighted by Gasteiger charge is -2.45. The highest BCUT2D eigenvalue weighted by Gasteiger charge is 2.52. The molecule has 8 rings (SSSR count). The number of rotatable bonds is 9. The monoisotopic (exact) mass is 892 g/mol. The first-order valence-electron chi connectivity index (χ1n) is 23.5. The summed E-state index contributed by atoms with van der Waals surface area (Å²) in [5.74, 6) is -1.41. The van der Waals surface area contributed by atoms with E-state index in [9.17, 15) is 24.4 Å². The number of carbonyl (C=O) groups is 3. The van der Waals surface area contributed by atoms with Gasteiger partial charge in [0.05, 0.1) is 28.3 Å². The minimum absolute atomic E-state index is 0.0158. The standard InChI is InChI=1S/C50H66N8O7/c1-9-56-41-16-15-33-27-37(41)38(45(56)36-13-10-20-51-43(36)31(4)64-8)28-49(5,6)29-65-58(63)42-14-11-22-57(54-42)48(62)40(25-32-23-34(33)26-35(59)24-32)53-46(60)44(30(2)3)55(7)47(61)39-17-21-52-50(39)18-12-19-50/h10,13,15-16,20,23-24,26-27,30-31,39-40,42,44,52,54H,9,11-12,14,17-19,21-22,25,28-29H2,1-8H3,(H-,53,59,60)/p+1/t31-,39?,40-,42+,44-/m0/s1. The average Bonchev–Trinajstić information content (AvgIpc) is 3.86. The second-order valence-electron chi connectivity index (χ2n) is 19.9. The molecule has 6 bridgehead atoms. The second-order valence-corrected chi connectivity index (χ2v) is 19.9. The van der Waals surface area contributed by atoms with Crippen molar-refractivity contribution in [2.45, 2.75) is 129 Å². The molecule has 15 nitrogen and oxygen atoms in total. The molecule has 65 heavy (non-hydrogen) atoms. The molecule has 3 amide bonds. The molecule has 3 aliphatic heterocycles. The summed E-state index contributed by atoms with van der Waals surface area (Å²) in [7, 11) is 3.37. The van der Waals surface area contributed by atoms with E-state index in [-0.39, 0.29) is 48.2 Å². The fourth-order valence-electron chi connectivity index (χ4n) is 10.9. The number of nitrogens with one attached hydrogen (secondary N) is 3. The number of aromatic hydroxyl groups is 1. The number of hydrogen-bond acceptors (Lipinski definition) is 10. The van der Waals surface area contributed by atoms with Crippen LogP contribution in [0.4, 0.5) is 0 Å². The van der Waals surface area contributed by atoms with E-state index in [4.69, 9.17) is 14.6 Å². The van der Waals surface area contributed by atoms with Crippen molar-refractivity contribution in [2.24, 2.45) is 17.3 Å². The zero-order valence-corrected chi connectivity index (χ0v) is 39.3. The Morgan fingerprint density at radius 1 is 1.09 bits per heavy atom. The maximum Gasteiger partial charge on any atom is 0.326 e. The minimum atomic E-state index is -1.11. The number of nitrogens with zero attached hydrogens (tertiary/aromatic N) is 5. The van der Waals surface area contributed by atoms with Crippen LogP contribution in [0.15, 0.2) is 54.7 Å². The summed E-state index contributed by atoms with van der Waals surface area (Å²) in [6.07, 6.45) is 5.83. The Labute approximate surface area is 382 Å². The molecule has 3 fully saturated rings. The molecule has 348 valence electrons. The fourth-order valence-corrected chi connectivity index (χ4v) is 10.9. The number of aromatic nitrogens is 2. The fraction of sp³-hybridized carbons (Fsp3) is 0.560. The van der Waals surface area contributed by atoms with Gasteiger partial charge in [0.2, 0.25) is 16.7 Å². The second kappa shape index (κ2) is 18.5. The van der Waals surface area contributed by atoms with E-state index in [1.165, 1.54) is 5.01 Å². The predicted molar refractivity (Wildman–Crippen MR) is 248 cm³/mol. The van der Waals surface area contributed by atoms with Crippen molar-refractivity contribution in [3.05, 3.63) is 76.5 Å². The van der Waals surface area contributed by atoms with Crippen LogP contribution in [-0.2, 0) is 43.3 Å². The SMILES string of the molecule is CCn1c(-c2cccnc2[C@H](C)OC)c2c3cc(ccc31)-c1cc(O)cc(c1)C[C@H](NC(=O)[C@H](C(C)C)N(C)C(=O)C1CCNC13CCC3)C(=O)N1CCC[C@H](N1)[N+](=O)OCC(C)(C)C2. The molecule has 1 spiro atoms. The van der Waals surface area contributed by atoms with Crippen LogP contribution in [0, 0.1) is 22.2 Å². The minimum Gasteiger partial charge on any atom is -0.508 e. The molecule has 1 saturated carbocycles. The number of hydrazine groups is 1. The van der Waals surface area contributed by atoms with Crippen LogP contribution < -0.4 is 16.1 Å². The first-order valence-corrected chi connectivity index (χ1v) is 23.5. The van der Waals surface area contributed by atoms with Crippen molar-refractivity contribution in [1.29, 1.82) is 0 Å². The first kappa shape index (κ1) is 46.2. The van der Waals surface area contributed by atoms with E-state index in [1.807, 2.05) is 39.0 Å². The van der Waals surface area contributed by atoms with Crippen LogP contribution in [0.1, 0.15) is 103 Å². The lowest BCUT2D eigenvalue weighted by Crippen LogP contribution is -2.63. The number of fused-ring (bicyclic) bond motifs is 6. The van der Waals surface area contributed by atoms with E-state index in [1.54, 1.807) is 37.4 Å². The molecular weight excluding hydrogens is 825 g/mol. The smallest absolute Gasteiger partial charge is 0.326 e. The number of benzene rings is 2. The number of methoxy groups -OCH3 is 1. The topological polar surface area (TPSA) is 170 Å². The van der Waals surface area contributed by atoms with Gasteiger partial charge in [-0.15, -0.1) is 0 Å². The van der Waals surface area contributed by atoms with Gasteiger partial charge >= 0.3 is 6.17 Å². The van der Waals surface area contributed by atoms with Crippen LogP contribution in [-0.4, -0.2) is 105 Å². The van der Waals surface area contributed by atoms with Crippen LogP contribution in [0.25, 0.3) is 33.3 Å². The number of phenols is 1. The van der Waals surface area contributed by atoms with Crippen LogP contribution in [0.5, 0.6) is 5.75 Å². The molecule has 4 aliphatic rings. The number of amides is 3. The maximum absolute atomic E-state index is 14.7. The molecular formula is C50H67N8O7+. The van der Waals surface area contributed by atoms with Crippen LogP contribution in [0.2, 0.25) is 0 Å². The van der Waals surface area contributed by atoms with Gasteiger partial charge in [0.25, 0.3) is 5.91 Å². The van der Waals surface area contributed by atoms with E-state index >= 15 is 0 Å². The number of ether oxygens (including phenoxy) is 1. The van der Waals surface area contributed by atoms with Crippen LogP contribution >= 0.6 is 0 Å². The number of likely N-dealkylation sites (N-methyl/N-ethyl adjacent to an activating group) is 1. The molecule has 2 aromatic carbocycles. The maximum atomic E-state index is 14.7. The third kappa shape index (κ3) is 8.99. The summed E-state index contributed by atoms with van der Waals surface area (Å²) in [5.41, 5.74) is 9.46. The molecule has 0 radical (unpaired) electrons. The summed E-state index contributed by atoms with van der Waals surface area (Å²) in [6.45, 7) is 13.9. The summed E-state index contributed by atoms with van der Waals surface area (Å²) >= 11 is 0. The Morgan fingerprint density at radius 2 is 1.88 bits per heavy atom. The molecule has 2 saturated heterocycles. The Kier molecular flexibility index (Phi) is 13.1. The number of hydrogen-bond donors (Lipinski definition) is 4. The van der Waals surface area contributed by atoms with Gasteiger partial charge in [-0.2, -0.15) is 5.43 Å². The summed E-state index contributed by atoms with van der Waals surface area (Å²) in [5, 5.41) is 20.4. The lowest BCUT2D eigenvalue weighted by molar-refractivity contribution is -0.835. The first-order chi connectivity index (χ1) is 31.0. The number of aryl methyl sites for hydroxylation is 1. The molecule has 4 N–H and O–H groups in total. The molecule has 4 aromatic rings. The zero-order valence-electron chi connectivity index (χ0n) is 39.3. The predicted octanol–water partition coefficient (Wildman–Crippen LogP) is 6.59. The summed E-state index contributed by atoms with van der Waals surface area (Å²) < 4.78 is 8.11. The van der Waals surface area contributed by atoms with Gasteiger partial charge in [0.15, 0.2) is 6.61 Å². The van der Waals surface area contributed by atoms with Gasteiger partial charge in [0, 0.05) is 73.7 Å². The van der Waals surface area contributed by atoms with Crippen molar-refractivity contribution < 1.29 is 34.0 Å². The molecule has 2 aromatic heterocycles. The van der Waals surface area contributed by atoms with Crippen molar-refractivity contribution in [3.63, 3.8) is 0 Å².